The van der Waals surface area contributed by atoms with Crippen molar-refractivity contribution in [2.24, 2.45) is 5.92 Å². The Balaban J connectivity index is 1.40. The molecule has 0 saturated carbocycles. The first-order valence-electron chi connectivity index (χ1n) is 8.61. The molecule has 2 aromatic rings. The van der Waals surface area contributed by atoms with Gasteiger partial charge in [0.1, 0.15) is 0 Å². The van der Waals surface area contributed by atoms with Crippen LogP contribution in [0, 0.1) is 5.92 Å². The largest absolute Gasteiger partial charge is 0.383 e. The van der Waals surface area contributed by atoms with Gasteiger partial charge in [-0.05, 0) is 24.5 Å². The molecule has 1 unspecified atom stereocenters. The van der Waals surface area contributed by atoms with Crippen molar-refractivity contribution in [3.8, 4) is 0 Å². The minimum absolute atomic E-state index is 0.190. The maximum atomic E-state index is 12.0. The van der Waals surface area contributed by atoms with E-state index in [1.165, 1.54) is 5.69 Å². The predicted octanol–water partition coefficient (Wildman–Crippen LogP) is 2.18. The highest BCUT2D eigenvalue weighted by atomic mass is 16.5. The average Bonchev–Trinajstić information content (AvgIpc) is 3.28. The van der Waals surface area contributed by atoms with Crippen molar-refractivity contribution in [1.29, 1.82) is 0 Å². The van der Waals surface area contributed by atoms with Crippen LogP contribution in [0.1, 0.15) is 6.42 Å². The average molecular weight is 343 g/mol. The van der Waals surface area contributed by atoms with Crippen LogP contribution in [0.4, 0.5) is 16.2 Å². The summed E-state index contributed by atoms with van der Waals surface area (Å²) in [5, 5.41) is 9.95. The number of aromatic nitrogens is 2. The normalized spacial score (nSPS) is 16.8. The fraction of sp³-hybridized carbons (Fsp3) is 0.444. The number of nitrogens with zero attached hydrogens (tertiary/aromatic N) is 3. The molecule has 7 nitrogen and oxygen atoms in total. The van der Waals surface area contributed by atoms with Crippen molar-refractivity contribution < 1.29 is 9.53 Å². The number of urea groups is 1. The van der Waals surface area contributed by atoms with Gasteiger partial charge in [-0.25, -0.2) is 4.79 Å². The van der Waals surface area contributed by atoms with Crippen LogP contribution in [0.3, 0.4) is 0 Å². The van der Waals surface area contributed by atoms with E-state index in [-0.39, 0.29) is 6.03 Å². The molecule has 1 aromatic carbocycles. The fourth-order valence-corrected chi connectivity index (χ4v) is 3.02. The molecule has 2 heterocycles. The molecule has 1 aromatic heterocycles. The van der Waals surface area contributed by atoms with Gasteiger partial charge in [0.25, 0.3) is 0 Å². The van der Waals surface area contributed by atoms with Crippen LogP contribution in [0.2, 0.25) is 0 Å². The van der Waals surface area contributed by atoms with Crippen LogP contribution in [-0.2, 0) is 11.3 Å². The third kappa shape index (κ3) is 4.96. The lowest BCUT2D eigenvalue weighted by Crippen LogP contribution is -2.34. The summed E-state index contributed by atoms with van der Waals surface area (Å²) >= 11 is 0. The van der Waals surface area contributed by atoms with Crippen molar-refractivity contribution in [2.75, 3.05) is 43.6 Å². The van der Waals surface area contributed by atoms with E-state index < -0.39 is 0 Å². The van der Waals surface area contributed by atoms with Crippen LogP contribution in [0.5, 0.6) is 0 Å². The van der Waals surface area contributed by atoms with Gasteiger partial charge in [-0.2, -0.15) is 5.10 Å². The Morgan fingerprint density at radius 3 is 3.00 bits per heavy atom. The van der Waals surface area contributed by atoms with E-state index in [0.29, 0.717) is 31.3 Å². The second kappa shape index (κ2) is 8.53. The fourth-order valence-electron chi connectivity index (χ4n) is 3.02. The molecule has 1 atom stereocenters. The lowest BCUT2D eigenvalue weighted by Gasteiger charge is -2.18. The number of amides is 2. The molecule has 7 heteroatoms. The number of carbonyl (C=O) groups excluding carboxylic acids is 1. The number of methoxy groups -OCH3 is 1. The van der Waals surface area contributed by atoms with Crippen molar-refractivity contribution in [2.45, 2.75) is 13.0 Å². The molecule has 1 fully saturated rings. The highest BCUT2D eigenvalue weighted by Crippen LogP contribution is 2.22. The van der Waals surface area contributed by atoms with Gasteiger partial charge in [-0.15, -0.1) is 0 Å². The summed E-state index contributed by atoms with van der Waals surface area (Å²) in [4.78, 5) is 14.4. The third-order valence-corrected chi connectivity index (χ3v) is 4.37. The minimum atomic E-state index is -0.190. The monoisotopic (exact) mass is 343 g/mol. The van der Waals surface area contributed by atoms with Gasteiger partial charge in [0.15, 0.2) is 0 Å². The Labute approximate surface area is 148 Å². The molecule has 134 valence electrons. The second-order valence-corrected chi connectivity index (χ2v) is 6.26. The van der Waals surface area contributed by atoms with Crippen LogP contribution in [0.15, 0.2) is 42.7 Å². The predicted molar refractivity (Wildman–Crippen MR) is 97.9 cm³/mol. The van der Waals surface area contributed by atoms with E-state index in [2.05, 4.69) is 44.9 Å². The summed E-state index contributed by atoms with van der Waals surface area (Å²) in [7, 11) is 1.65. The summed E-state index contributed by atoms with van der Waals surface area (Å²) in [6, 6.07) is 10.2. The first kappa shape index (κ1) is 17.3. The highest BCUT2D eigenvalue weighted by Gasteiger charge is 2.22. The molecule has 0 radical (unpaired) electrons. The zero-order valence-electron chi connectivity index (χ0n) is 14.5. The van der Waals surface area contributed by atoms with Gasteiger partial charge >= 0.3 is 6.03 Å². The number of hydrogen-bond donors (Lipinski definition) is 2. The van der Waals surface area contributed by atoms with E-state index >= 15 is 0 Å². The minimum Gasteiger partial charge on any atom is -0.383 e. The maximum Gasteiger partial charge on any atom is 0.319 e. The van der Waals surface area contributed by atoms with Gasteiger partial charge in [0.05, 0.1) is 25.0 Å². The molecule has 1 saturated heterocycles. The first-order chi connectivity index (χ1) is 12.2. The zero-order valence-corrected chi connectivity index (χ0v) is 14.5. The molecular formula is C18H25N5O2. The summed E-state index contributed by atoms with van der Waals surface area (Å²) in [6.07, 6.45) is 4.53. The molecule has 2 amide bonds. The van der Waals surface area contributed by atoms with E-state index in [0.717, 1.165) is 19.5 Å². The zero-order chi connectivity index (χ0) is 17.5. The van der Waals surface area contributed by atoms with Gasteiger partial charge in [-0.3, -0.25) is 4.68 Å². The molecule has 0 bridgehead atoms. The summed E-state index contributed by atoms with van der Waals surface area (Å²) < 4.78 is 6.75. The van der Waals surface area contributed by atoms with E-state index in [9.17, 15) is 4.79 Å². The number of para-hydroxylation sites is 1. The van der Waals surface area contributed by atoms with Gasteiger partial charge in [-0.1, -0.05) is 18.2 Å². The van der Waals surface area contributed by atoms with Gasteiger partial charge in [0, 0.05) is 38.6 Å². The molecule has 2 N–H and O–H groups in total. The second-order valence-electron chi connectivity index (χ2n) is 6.26. The molecule has 25 heavy (non-hydrogen) atoms. The maximum absolute atomic E-state index is 12.0. The van der Waals surface area contributed by atoms with E-state index in [1.54, 1.807) is 24.2 Å². The van der Waals surface area contributed by atoms with Crippen LogP contribution >= 0.6 is 0 Å². The third-order valence-electron chi connectivity index (χ3n) is 4.37. The number of nitrogens with one attached hydrogen (secondary N) is 2. The number of rotatable bonds is 7. The first-order valence-corrected chi connectivity index (χ1v) is 8.61. The SMILES string of the molecule is COCCn1cc(NC(=O)NCC2CCN(c3ccccc3)C2)cn1. The molecule has 0 spiro atoms. The topological polar surface area (TPSA) is 71.4 Å². The van der Waals surface area contributed by atoms with E-state index in [4.69, 9.17) is 4.74 Å². The summed E-state index contributed by atoms with van der Waals surface area (Å²) in [5.41, 5.74) is 1.93. The Bertz CT molecular complexity index is 673. The number of anilines is 2. The molecular weight excluding hydrogens is 318 g/mol. The Kier molecular flexibility index (Phi) is 5.90. The van der Waals surface area contributed by atoms with Crippen molar-refractivity contribution in [3.05, 3.63) is 42.7 Å². The smallest absolute Gasteiger partial charge is 0.319 e. The van der Waals surface area contributed by atoms with Crippen LogP contribution < -0.4 is 15.5 Å². The quantitative estimate of drug-likeness (QED) is 0.808. The summed E-state index contributed by atoms with van der Waals surface area (Å²) in [6.45, 7) is 3.93. The molecule has 1 aliphatic rings. The standard InChI is InChI=1S/C18H25N5O2/c1-25-10-9-23-14-16(12-20-23)21-18(24)19-11-15-7-8-22(13-15)17-5-3-2-4-6-17/h2-6,12,14-15H,7-11,13H2,1H3,(H2,19,21,24). The highest BCUT2D eigenvalue weighted by molar-refractivity contribution is 5.88. The number of carbonyl (C=O) groups is 1. The number of benzene rings is 1. The van der Waals surface area contributed by atoms with E-state index in [1.807, 2.05) is 6.07 Å². The van der Waals surface area contributed by atoms with Gasteiger partial charge < -0.3 is 20.3 Å². The summed E-state index contributed by atoms with van der Waals surface area (Å²) in [5.74, 6) is 0.468. The number of ether oxygens (including phenoxy) is 1. The molecule has 3 rings (SSSR count). The number of hydrogen-bond acceptors (Lipinski definition) is 4. The lowest BCUT2D eigenvalue weighted by molar-refractivity contribution is 0.183. The van der Waals surface area contributed by atoms with Gasteiger partial charge in [0.2, 0.25) is 0 Å². The Hall–Kier alpha value is -2.54. The van der Waals surface area contributed by atoms with Crippen LogP contribution in [-0.4, -0.2) is 49.2 Å². The van der Waals surface area contributed by atoms with Crippen molar-refractivity contribution >= 4 is 17.4 Å². The molecule has 0 aliphatic carbocycles. The van der Waals surface area contributed by atoms with Crippen molar-refractivity contribution in [3.63, 3.8) is 0 Å². The Morgan fingerprint density at radius 2 is 2.20 bits per heavy atom. The van der Waals surface area contributed by atoms with Crippen LogP contribution in [0.25, 0.3) is 0 Å². The molecule has 1 aliphatic heterocycles. The lowest BCUT2D eigenvalue weighted by atomic mass is 10.1. The van der Waals surface area contributed by atoms with Crippen molar-refractivity contribution in [1.82, 2.24) is 15.1 Å². The Morgan fingerprint density at radius 1 is 1.36 bits per heavy atom.